The summed E-state index contributed by atoms with van der Waals surface area (Å²) in [5, 5.41) is 0. The van der Waals surface area contributed by atoms with Crippen LogP contribution in [0.2, 0.25) is 0 Å². The third-order valence-electron chi connectivity index (χ3n) is 14.8. The summed E-state index contributed by atoms with van der Waals surface area (Å²) in [5.41, 5.74) is 9.47. The van der Waals surface area contributed by atoms with Crippen LogP contribution in [0.4, 0.5) is 0 Å². The SMILES string of the molecule is CC.O=C(OC(CCCc1ccccc1)CCCc1ccccc1)C1Cc2ccccc2CN1C(=O)c1cccc(C(=O)N2Cc3ccccc3C[C@H]2C(=O)OC(CCCc2ccccc2)CCCc2ccccc2)c1. The van der Waals surface area contributed by atoms with Crippen LogP contribution in [0.1, 0.15) is 130 Å². The molecule has 0 N–H and O–H groups in total. The van der Waals surface area contributed by atoms with Crippen LogP contribution in [0.5, 0.6) is 0 Å². The number of nitrogens with zero attached hydrogens (tertiary/aromatic N) is 2. The summed E-state index contributed by atoms with van der Waals surface area (Å²) in [6.45, 7) is 4.43. The van der Waals surface area contributed by atoms with Crippen molar-refractivity contribution in [3.63, 3.8) is 0 Å². The lowest BCUT2D eigenvalue weighted by molar-refractivity contribution is -0.156. The Labute approximate surface area is 451 Å². The maximum atomic E-state index is 14.9. The molecule has 8 heteroatoms. The number of carbonyl (C=O) groups is 4. The molecule has 9 rings (SSSR count). The van der Waals surface area contributed by atoms with Gasteiger partial charge in [0.05, 0.1) is 0 Å². The van der Waals surface area contributed by atoms with E-state index >= 15 is 0 Å². The second-order valence-corrected chi connectivity index (χ2v) is 20.1. The van der Waals surface area contributed by atoms with E-state index in [0.717, 1.165) is 73.6 Å². The molecule has 0 aromatic heterocycles. The zero-order chi connectivity index (χ0) is 52.9. The van der Waals surface area contributed by atoms with Crippen molar-refractivity contribution in [2.24, 2.45) is 0 Å². The summed E-state index contributed by atoms with van der Waals surface area (Å²) in [4.78, 5) is 62.4. The highest BCUT2D eigenvalue weighted by molar-refractivity contribution is 6.02. The standard InChI is InChI=1S/C66H68N2O6.C2H6/c69-63(67-47-57-36-15-13-34-53(57)45-61(67)65(71)73-59(40-17-30-49-22-5-1-6-23-49)41-18-31-50-24-7-2-8-25-50)55-38-21-39-56(44-55)64(70)68-48-58-37-16-14-35-54(58)46-62(68)66(72)74-60(42-19-32-51-26-9-3-10-27-51)43-20-33-52-28-11-4-12-29-52;1-2/h1-16,21-29,34-39,44,59-62H,17-20,30-33,40-43,45-48H2;1-2H3/t61-,62?;/m0./s1. The quantitative estimate of drug-likeness (QED) is 0.0628. The fourth-order valence-corrected chi connectivity index (χ4v) is 10.7. The molecule has 2 atom stereocenters. The van der Waals surface area contributed by atoms with Gasteiger partial charge in [-0.2, -0.15) is 0 Å². The van der Waals surface area contributed by atoms with E-state index in [9.17, 15) is 19.2 Å². The van der Waals surface area contributed by atoms with Gasteiger partial charge in [0.1, 0.15) is 24.3 Å². The van der Waals surface area contributed by atoms with Gasteiger partial charge in [0.25, 0.3) is 11.8 Å². The van der Waals surface area contributed by atoms with Gasteiger partial charge in [0.2, 0.25) is 0 Å². The summed E-state index contributed by atoms with van der Waals surface area (Å²) in [6.07, 6.45) is 9.74. The number of carbonyl (C=O) groups excluding carboxylic acids is 4. The number of benzene rings is 7. The molecule has 2 heterocycles. The molecule has 0 saturated heterocycles. The number of ether oxygens (including phenoxy) is 2. The van der Waals surface area contributed by atoms with Crippen molar-refractivity contribution in [1.29, 1.82) is 0 Å². The van der Waals surface area contributed by atoms with Gasteiger partial charge in [-0.15, -0.1) is 0 Å². The highest BCUT2D eigenvalue weighted by atomic mass is 16.5. The molecule has 0 radical (unpaired) electrons. The van der Waals surface area contributed by atoms with E-state index in [2.05, 4.69) is 48.5 Å². The number of aryl methyl sites for hydroxylation is 4. The molecule has 0 spiro atoms. The molecular weight excluding hydrogens is 941 g/mol. The van der Waals surface area contributed by atoms with Gasteiger partial charge in [-0.1, -0.05) is 190 Å². The minimum Gasteiger partial charge on any atom is -0.461 e. The average molecular weight is 1020 g/mol. The molecule has 7 aromatic carbocycles. The molecule has 8 nitrogen and oxygen atoms in total. The second kappa shape index (κ2) is 28.4. The first-order valence-corrected chi connectivity index (χ1v) is 27.8. The maximum absolute atomic E-state index is 14.9. The van der Waals surface area contributed by atoms with E-state index in [-0.39, 0.29) is 48.2 Å². The Balaban J connectivity index is 0.00000378. The third kappa shape index (κ3) is 15.3. The lowest BCUT2D eigenvalue weighted by Crippen LogP contribution is -2.50. The lowest BCUT2D eigenvalue weighted by Gasteiger charge is -2.37. The van der Waals surface area contributed by atoms with Gasteiger partial charge in [-0.3, -0.25) is 9.59 Å². The fraction of sp³-hybridized carbons (Fsp3) is 0.324. The normalized spacial score (nSPS) is 14.7. The van der Waals surface area contributed by atoms with Crippen LogP contribution in [0.15, 0.2) is 194 Å². The molecular formula is C68H74N2O6. The van der Waals surface area contributed by atoms with Crippen LogP contribution in [0.25, 0.3) is 0 Å². The van der Waals surface area contributed by atoms with Gasteiger partial charge >= 0.3 is 11.9 Å². The molecule has 2 aliphatic heterocycles. The molecule has 0 bridgehead atoms. The first-order valence-electron chi connectivity index (χ1n) is 27.8. The van der Waals surface area contributed by atoms with Crippen molar-refractivity contribution in [3.05, 3.63) is 250 Å². The van der Waals surface area contributed by atoms with Crippen LogP contribution in [0, 0.1) is 0 Å². The van der Waals surface area contributed by atoms with Crippen molar-refractivity contribution in [2.75, 3.05) is 0 Å². The summed E-state index contributed by atoms with van der Waals surface area (Å²) < 4.78 is 13.0. The maximum Gasteiger partial charge on any atom is 0.329 e. The van der Waals surface area contributed by atoms with Gasteiger partial charge in [-0.05, 0) is 140 Å². The van der Waals surface area contributed by atoms with E-state index in [4.69, 9.17) is 9.47 Å². The van der Waals surface area contributed by atoms with E-state index in [0.29, 0.717) is 38.5 Å². The molecule has 7 aromatic rings. The van der Waals surface area contributed by atoms with Crippen LogP contribution < -0.4 is 0 Å². The first-order chi connectivity index (χ1) is 37.3. The van der Waals surface area contributed by atoms with Crippen LogP contribution in [-0.4, -0.2) is 57.8 Å². The third-order valence-corrected chi connectivity index (χ3v) is 14.8. The Morgan fingerprint density at radius 2 is 0.684 bits per heavy atom. The summed E-state index contributed by atoms with van der Waals surface area (Å²) in [6, 6.07) is 62.3. The van der Waals surface area contributed by atoms with Crippen molar-refractivity contribution in [1.82, 2.24) is 9.80 Å². The van der Waals surface area contributed by atoms with Gasteiger partial charge in [0.15, 0.2) is 0 Å². The van der Waals surface area contributed by atoms with Crippen LogP contribution in [-0.2, 0) is 70.7 Å². The molecule has 2 aliphatic rings. The topological polar surface area (TPSA) is 93.2 Å². The minimum atomic E-state index is -0.867. The lowest BCUT2D eigenvalue weighted by atomic mass is 9.92. The van der Waals surface area contributed by atoms with Crippen molar-refractivity contribution in [2.45, 2.75) is 141 Å². The molecule has 76 heavy (non-hydrogen) atoms. The number of fused-ring (bicyclic) bond motifs is 2. The van der Waals surface area contributed by atoms with Gasteiger partial charge in [-0.25, -0.2) is 9.59 Å². The van der Waals surface area contributed by atoms with Crippen LogP contribution >= 0.6 is 0 Å². The van der Waals surface area contributed by atoms with Crippen molar-refractivity contribution < 1.29 is 28.7 Å². The number of amides is 2. The number of hydrogen-bond donors (Lipinski definition) is 0. The molecule has 0 saturated carbocycles. The zero-order valence-corrected chi connectivity index (χ0v) is 44.4. The molecule has 1 unspecified atom stereocenters. The number of esters is 2. The predicted molar refractivity (Wildman–Crippen MR) is 303 cm³/mol. The van der Waals surface area contributed by atoms with Crippen LogP contribution in [0.3, 0.4) is 0 Å². The summed E-state index contributed by atoms with van der Waals surface area (Å²) in [5.74, 6) is -1.57. The molecule has 392 valence electrons. The molecule has 0 aliphatic carbocycles. The smallest absolute Gasteiger partial charge is 0.329 e. The van der Waals surface area contributed by atoms with Crippen molar-refractivity contribution >= 4 is 23.8 Å². The highest BCUT2D eigenvalue weighted by Crippen LogP contribution is 2.30. The monoisotopic (exact) mass is 1010 g/mol. The van der Waals surface area contributed by atoms with Gasteiger partial charge < -0.3 is 19.3 Å². The second-order valence-electron chi connectivity index (χ2n) is 20.1. The first kappa shape index (κ1) is 54.7. The van der Waals surface area contributed by atoms with E-state index < -0.39 is 24.0 Å². The molecule has 0 fully saturated rings. The average Bonchev–Trinajstić information content (AvgIpc) is 3.49. The number of hydrogen-bond acceptors (Lipinski definition) is 6. The van der Waals surface area contributed by atoms with E-state index in [1.807, 2.05) is 135 Å². The summed E-state index contributed by atoms with van der Waals surface area (Å²) in [7, 11) is 0. The largest absolute Gasteiger partial charge is 0.461 e. The van der Waals surface area contributed by atoms with Gasteiger partial charge in [0, 0.05) is 37.1 Å². The summed E-state index contributed by atoms with van der Waals surface area (Å²) >= 11 is 0. The van der Waals surface area contributed by atoms with Crippen molar-refractivity contribution in [3.8, 4) is 0 Å². The Morgan fingerprint density at radius 1 is 0.395 bits per heavy atom. The minimum absolute atomic E-state index is 0.217. The highest BCUT2D eigenvalue weighted by Gasteiger charge is 2.39. The van der Waals surface area contributed by atoms with E-state index in [1.54, 1.807) is 34.1 Å². The Bertz CT molecular complexity index is 2640. The zero-order valence-electron chi connectivity index (χ0n) is 44.4. The fourth-order valence-electron chi connectivity index (χ4n) is 10.7. The number of rotatable bonds is 22. The Morgan fingerprint density at radius 3 is 1.00 bits per heavy atom. The van der Waals surface area contributed by atoms with E-state index in [1.165, 1.54) is 22.3 Å². The molecule has 2 amide bonds. The predicted octanol–water partition coefficient (Wildman–Crippen LogP) is 13.8. The Hall–Kier alpha value is -7.58. The Kier molecular flexibility index (Phi) is 20.4.